The predicted molar refractivity (Wildman–Crippen MR) is 55.5 cm³/mol. The Balaban J connectivity index is 2.42. The van der Waals surface area contributed by atoms with Crippen LogP contribution >= 0.6 is 11.6 Å². The van der Waals surface area contributed by atoms with E-state index in [1.807, 2.05) is 0 Å². The molecule has 0 bridgehead atoms. The van der Waals surface area contributed by atoms with Crippen molar-refractivity contribution in [3.05, 3.63) is 47.0 Å². The van der Waals surface area contributed by atoms with Gasteiger partial charge in [0.1, 0.15) is 5.82 Å². The summed E-state index contributed by atoms with van der Waals surface area (Å²) >= 11 is 5.60. The molecule has 1 aromatic carbocycles. The molecule has 0 aliphatic rings. The number of hydrogen-bond acceptors (Lipinski definition) is 2. The molecule has 2 rings (SSSR count). The van der Waals surface area contributed by atoms with Crippen molar-refractivity contribution in [2.45, 2.75) is 0 Å². The van der Waals surface area contributed by atoms with E-state index in [-0.39, 0.29) is 10.7 Å². The van der Waals surface area contributed by atoms with E-state index < -0.39 is 11.8 Å². The minimum absolute atomic E-state index is 0.0372. The highest BCUT2D eigenvalue weighted by atomic mass is 35.5. The van der Waals surface area contributed by atoms with E-state index in [0.717, 1.165) is 0 Å². The number of carboxylic acids is 1. The average molecular weight is 241 g/mol. The van der Waals surface area contributed by atoms with Gasteiger partial charge in [0.25, 0.3) is 0 Å². The number of carbonyl (C=O) groups is 1. The minimum Gasteiger partial charge on any atom is -0.476 e. The van der Waals surface area contributed by atoms with Gasteiger partial charge < -0.3 is 5.11 Å². The van der Waals surface area contributed by atoms with Gasteiger partial charge in [-0.3, -0.25) is 0 Å². The maximum Gasteiger partial charge on any atom is 0.356 e. The largest absolute Gasteiger partial charge is 0.476 e. The Bertz CT molecular complexity index is 554. The first-order valence-electron chi connectivity index (χ1n) is 4.32. The van der Waals surface area contributed by atoms with Gasteiger partial charge in [0.15, 0.2) is 5.69 Å². The first-order chi connectivity index (χ1) is 7.58. The van der Waals surface area contributed by atoms with E-state index >= 15 is 0 Å². The van der Waals surface area contributed by atoms with Crippen LogP contribution in [0.4, 0.5) is 4.39 Å². The van der Waals surface area contributed by atoms with Crippen molar-refractivity contribution in [2.75, 3.05) is 0 Å². The molecule has 0 amide bonds. The fourth-order valence-electron chi connectivity index (χ4n) is 1.21. The van der Waals surface area contributed by atoms with Crippen molar-refractivity contribution in [2.24, 2.45) is 0 Å². The predicted octanol–water partition coefficient (Wildman–Crippen LogP) is 2.36. The third kappa shape index (κ3) is 1.90. The van der Waals surface area contributed by atoms with Crippen molar-refractivity contribution in [1.29, 1.82) is 0 Å². The fourth-order valence-corrected chi connectivity index (χ4v) is 1.38. The van der Waals surface area contributed by atoms with Crippen LogP contribution in [0.2, 0.25) is 5.02 Å². The number of hydrogen-bond donors (Lipinski definition) is 1. The van der Waals surface area contributed by atoms with Gasteiger partial charge in [0.2, 0.25) is 0 Å². The number of aromatic carboxylic acids is 1. The molecule has 4 nitrogen and oxygen atoms in total. The monoisotopic (exact) mass is 240 g/mol. The Labute approximate surface area is 94.9 Å². The van der Waals surface area contributed by atoms with E-state index in [2.05, 4.69) is 5.10 Å². The summed E-state index contributed by atoms with van der Waals surface area (Å²) in [4.78, 5) is 10.6. The lowest BCUT2D eigenvalue weighted by Gasteiger charge is -2.01. The molecular weight excluding hydrogens is 235 g/mol. The standard InChI is InChI=1S/C10H6ClFN2O2/c11-7-5-6(1-2-8(7)12)14-4-3-9(13-14)10(15)16/h1-5H,(H,15,16). The Morgan fingerprint density at radius 3 is 2.75 bits per heavy atom. The van der Waals surface area contributed by atoms with Gasteiger partial charge in [-0.25, -0.2) is 13.9 Å². The molecule has 0 saturated heterocycles. The van der Waals surface area contributed by atoms with E-state index in [0.29, 0.717) is 5.69 Å². The molecule has 0 radical (unpaired) electrons. The Morgan fingerprint density at radius 1 is 1.44 bits per heavy atom. The summed E-state index contributed by atoms with van der Waals surface area (Å²) in [6.07, 6.45) is 1.47. The Kier molecular flexibility index (Phi) is 2.62. The smallest absolute Gasteiger partial charge is 0.356 e. The van der Waals surface area contributed by atoms with E-state index in [1.54, 1.807) is 0 Å². The van der Waals surface area contributed by atoms with Gasteiger partial charge in [0, 0.05) is 6.20 Å². The van der Waals surface area contributed by atoms with Crippen LogP contribution in [-0.2, 0) is 0 Å². The van der Waals surface area contributed by atoms with Crippen LogP contribution in [0.15, 0.2) is 30.5 Å². The van der Waals surface area contributed by atoms with Gasteiger partial charge in [-0.05, 0) is 24.3 Å². The molecule has 82 valence electrons. The highest BCUT2D eigenvalue weighted by molar-refractivity contribution is 6.30. The molecule has 0 fully saturated rings. The molecule has 0 spiro atoms. The minimum atomic E-state index is -1.12. The number of benzene rings is 1. The third-order valence-corrected chi connectivity index (χ3v) is 2.27. The van der Waals surface area contributed by atoms with Crippen LogP contribution in [0, 0.1) is 5.82 Å². The molecule has 1 heterocycles. The molecule has 2 aromatic rings. The van der Waals surface area contributed by atoms with Gasteiger partial charge >= 0.3 is 5.97 Å². The average Bonchev–Trinajstić information content (AvgIpc) is 2.71. The van der Waals surface area contributed by atoms with E-state index in [1.165, 1.54) is 35.1 Å². The summed E-state index contributed by atoms with van der Waals surface area (Å²) in [6, 6.07) is 5.37. The van der Waals surface area contributed by atoms with E-state index in [4.69, 9.17) is 16.7 Å². The van der Waals surface area contributed by atoms with Crippen LogP contribution in [0.3, 0.4) is 0 Å². The van der Waals surface area contributed by atoms with Crippen LogP contribution in [0.1, 0.15) is 10.5 Å². The fraction of sp³-hybridized carbons (Fsp3) is 0. The molecule has 0 aliphatic carbocycles. The summed E-state index contributed by atoms with van der Waals surface area (Å²) in [5.41, 5.74) is 0.416. The van der Waals surface area contributed by atoms with Gasteiger partial charge in [-0.1, -0.05) is 11.6 Å². The summed E-state index contributed by atoms with van der Waals surface area (Å²) in [5, 5.41) is 12.4. The molecule has 6 heteroatoms. The molecule has 0 atom stereocenters. The normalized spacial score (nSPS) is 10.4. The maximum absolute atomic E-state index is 12.9. The Morgan fingerprint density at radius 2 is 2.19 bits per heavy atom. The zero-order chi connectivity index (χ0) is 11.7. The number of aromatic nitrogens is 2. The molecule has 1 aromatic heterocycles. The van der Waals surface area contributed by atoms with Crippen LogP contribution in [-0.4, -0.2) is 20.9 Å². The zero-order valence-electron chi connectivity index (χ0n) is 7.89. The highest BCUT2D eigenvalue weighted by Crippen LogP contribution is 2.18. The third-order valence-electron chi connectivity index (χ3n) is 1.98. The lowest BCUT2D eigenvalue weighted by molar-refractivity contribution is 0.0690. The quantitative estimate of drug-likeness (QED) is 0.877. The van der Waals surface area contributed by atoms with Crippen LogP contribution < -0.4 is 0 Å². The second-order valence-corrected chi connectivity index (χ2v) is 3.46. The first kappa shape index (κ1) is 10.6. The van der Waals surface area contributed by atoms with Gasteiger partial charge in [0.05, 0.1) is 10.7 Å². The van der Waals surface area contributed by atoms with Crippen molar-refractivity contribution in [3.8, 4) is 5.69 Å². The van der Waals surface area contributed by atoms with Crippen molar-refractivity contribution in [3.63, 3.8) is 0 Å². The zero-order valence-corrected chi connectivity index (χ0v) is 8.65. The highest BCUT2D eigenvalue weighted by Gasteiger charge is 2.08. The first-order valence-corrected chi connectivity index (χ1v) is 4.70. The van der Waals surface area contributed by atoms with Crippen LogP contribution in [0.5, 0.6) is 0 Å². The summed E-state index contributed by atoms with van der Waals surface area (Å²) < 4.78 is 14.2. The number of rotatable bonds is 2. The maximum atomic E-state index is 12.9. The van der Waals surface area contributed by atoms with Crippen molar-refractivity contribution >= 4 is 17.6 Å². The lowest BCUT2D eigenvalue weighted by atomic mass is 10.3. The molecule has 16 heavy (non-hydrogen) atoms. The summed E-state index contributed by atoms with van der Waals surface area (Å²) in [7, 11) is 0. The van der Waals surface area contributed by atoms with Crippen LogP contribution in [0.25, 0.3) is 5.69 Å². The van der Waals surface area contributed by atoms with Crippen molar-refractivity contribution < 1.29 is 14.3 Å². The molecule has 0 aliphatic heterocycles. The molecule has 0 saturated carbocycles. The second kappa shape index (κ2) is 3.94. The van der Waals surface area contributed by atoms with Gasteiger partial charge in [-0.2, -0.15) is 5.10 Å². The number of nitrogens with zero attached hydrogens (tertiary/aromatic N) is 2. The SMILES string of the molecule is O=C(O)c1ccn(-c2ccc(F)c(Cl)c2)n1. The van der Waals surface area contributed by atoms with Crippen molar-refractivity contribution in [1.82, 2.24) is 9.78 Å². The summed E-state index contributed by atoms with van der Waals surface area (Å²) in [6.45, 7) is 0. The molecule has 1 N–H and O–H groups in total. The second-order valence-electron chi connectivity index (χ2n) is 3.05. The summed E-state index contributed by atoms with van der Waals surface area (Å²) in [5.74, 6) is -1.65. The Hall–Kier alpha value is -1.88. The number of halogens is 2. The molecular formula is C10H6ClFN2O2. The number of carboxylic acid groups (broad SMARTS) is 1. The molecule has 0 unspecified atom stereocenters. The lowest BCUT2D eigenvalue weighted by Crippen LogP contribution is -2.01. The van der Waals surface area contributed by atoms with E-state index in [9.17, 15) is 9.18 Å². The van der Waals surface area contributed by atoms with Gasteiger partial charge in [-0.15, -0.1) is 0 Å². The topological polar surface area (TPSA) is 55.1 Å².